The van der Waals surface area contributed by atoms with Crippen LogP contribution in [-0.4, -0.2) is 73.4 Å². The van der Waals surface area contributed by atoms with Crippen LogP contribution in [0.5, 0.6) is 0 Å². The molecular weight excluding hydrogens is 504 g/mol. The van der Waals surface area contributed by atoms with E-state index in [0.717, 1.165) is 55.8 Å². The van der Waals surface area contributed by atoms with Gasteiger partial charge < -0.3 is 37.2 Å². The zero-order valence-electron chi connectivity index (χ0n) is 23.9. The molecule has 0 radical (unpaired) electrons. The Morgan fingerprint density at radius 3 is 1.22 bits per heavy atom. The minimum Gasteiger partial charge on any atom is -0.385 e. The van der Waals surface area contributed by atoms with Gasteiger partial charge in [-0.2, -0.15) is 0 Å². The van der Waals surface area contributed by atoms with Gasteiger partial charge in [-0.15, -0.1) is 0 Å². The second kappa shape index (κ2) is 15.6. The standard InChI is InChI=1S/C27H46N2O6Si2/c1-22-19-24(11-13-26(22)28-15-9-17-36(30-3,31-4)32-5)21-25-12-14-27(23(2)20-25)29-16-10-18-37(33-6,34-7)35-8/h11-14,19-20,28-29H,9-10,15-18,21H2,1-8H3. The highest BCUT2D eigenvalue weighted by Gasteiger charge is 2.37. The van der Waals surface area contributed by atoms with Crippen molar-refractivity contribution in [3.63, 3.8) is 0 Å². The highest BCUT2D eigenvalue weighted by molar-refractivity contribution is 6.60. The summed E-state index contributed by atoms with van der Waals surface area (Å²) in [5.41, 5.74) is 7.39. The van der Waals surface area contributed by atoms with E-state index in [1.165, 1.54) is 22.3 Å². The van der Waals surface area contributed by atoms with Crippen molar-refractivity contribution in [3.05, 3.63) is 58.7 Å². The molecule has 0 saturated carbocycles. The van der Waals surface area contributed by atoms with Gasteiger partial charge in [0.1, 0.15) is 0 Å². The molecule has 37 heavy (non-hydrogen) atoms. The number of nitrogens with one attached hydrogen (secondary N) is 2. The van der Waals surface area contributed by atoms with Gasteiger partial charge in [0, 0.05) is 79.2 Å². The third kappa shape index (κ3) is 9.18. The number of hydrogen-bond donors (Lipinski definition) is 2. The van der Waals surface area contributed by atoms with Crippen LogP contribution in [0.4, 0.5) is 11.4 Å². The van der Waals surface area contributed by atoms with E-state index < -0.39 is 17.6 Å². The Kier molecular flexibility index (Phi) is 13.3. The summed E-state index contributed by atoms with van der Waals surface area (Å²) in [6.45, 7) is 5.97. The van der Waals surface area contributed by atoms with Crippen molar-refractivity contribution >= 4 is 29.0 Å². The fourth-order valence-electron chi connectivity index (χ4n) is 4.47. The molecule has 2 N–H and O–H groups in total. The van der Waals surface area contributed by atoms with Crippen LogP contribution in [0, 0.1) is 13.8 Å². The first-order valence-corrected chi connectivity index (χ1v) is 16.6. The van der Waals surface area contributed by atoms with Crippen molar-refractivity contribution in [1.29, 1.82) is 0 Å². The Bertz CT molecular complexity index is 862. The Labute approximate surface area is 225 Å². The molecule has 8 nitrogen and oxygen atoms in total. The fourth-order valence-corrected chi connectivity index (χ4v) is 7.92. The monoisotopic (exact) mass is 550 g/mol. The molecule has 0 unspecified atom stereocenters. The number of benzene rings is 2. The van der Waals surface area contributed by atoms with Crippen molar-refractivity contribution in [2.45, 2.75) is 45.2 Å². The third-order valence-electron chi connectivity index (χ3n) is 6.81. The van der Waals surface area contributed by atoms with Gasteiger partial charge in [-0.25, -0.2) is 0 Å². The molecule has 0 bridgehead atoms. The summed E-state index contributed by atoms with van der Waals surface area (Å²) in [6.07, 6.45) is 2.72. The lowest BCUT2D eigenvalue weighted by atomic mass is 10.00. The number of rotatable bonds is 18. The number of anilines is 2. The average molecular weight is 551 g/mol. The molecule has 0 fully saturated rings. The molecule has 0 aliphatic rings. The maximum Gasteiger partial charge on any atom is 0.500 e. The Hall–Kier alpha value is -1.77. The maximum absolute atomic E-state index is 5.50. The predicted octanol–water partition coefficient (Wildman–Crippen LogP) is 5.25. The molecule has 0 aromatic heterocycles. The second-order valence-electron chi connectivity index (χ2n) is 9.13. The van der Waals surface area contributed by atoms with Gasteiger partial charge in [0.2, 0.25) is 0 Å². The fraction of sp³-hybridized carbons (Fsp3) is 0.556. The van der Waals surface area contributed by atoms with Crippen LogP contribution >= 0.6 is 0 Å². The van der Waals surface area contributed by atoms with Crippen LogP contribution in [-0.2, 0) is 33.0 Å². The Balaban J connectivity index is 1.87. The maximum atomic E-state index is 5.50. The molecular formula is C27H46N2O6Si2. The molecule has 0 amide bonds. The summed E-state index contributed by atoms with van der Waals surface area (Å²) < 4.78 is 33.0. The lowest BCUT2D eigenvalue weighted by Crippen LogP contribution is -2.42. The summed E-state index contributed by atoms with van der Waals surface area (Å²) in [5, 5.41) is 7.07. The van der Waals surface area contributed by atoms with Crippen molar-refractivity contribution < 1.29 is 26.6 Å². The van der Waals surface area contributed by atoms with Crippen LogP contribution in [0.2, 0.25) is 12.1 Å². The highest BCUT2D eigenvalue weighted by Crippen LogP contribution is 2.23. The normalized spacial score (nSPS) is 12.1. The predicted molar refractivity (Wildman–Crippen MR) is 155 cm³/mol. The molecule has 208 valence electrons. The average Bonchev–Trinajstić information content (AvgIpc) is 2.92. The van der Waals surface area contributed by atoms with E-state index in [1.54, 1.807) is 42.7 Å². The van der Waals surface area contributed by atoms with Crippen LogP contribution in [0.3, 0.4) is 0 Å². The van der Waals surface area contributed by atoms with Gasteiger partial charge in [0.25, 0.3) is 0 Å². The molecule has 2 rings (SSSR count). The molecule has 0 aliphatic carbocycles. The van der Waals surface area contributed by atoms with Crippen LogP contribution in [0.25, 0.3) is 0 Å². The Morgan fingerprint density at radius 2 is 0.919 bits per heavy atom. The molecule has 0 heterocycles. The summed E-state index contributed by atoms with van der Waals surface area (Å²) in [4.78, 5) is 0. The zero-order valence-corrected chi connectivity index (χ0v) is 25.9. The van der Waals surface area contributed by atoms with Crippen LogP contribution < -0.4 is 10.6 Å². The number of hydrogen-bond acceptors (Lipinski definition) is 8. The molecule has 2 aromatic rings. The minimum absolute atomic E-state index is 0.779. The topological polar surface area (TPSA) is 79.4 Å². The highest BCUT2D eigenvalue weighted by atomic mass is 28.4. The van der Waals surface area contributed by atoms with Crippen LogP contribution in [0.15, 0.2) is 36.4 Å². The second-order valence-corrected chi connectivity index (χ2v) is 15.3. The SMILES string of the molecule is CO[Si](CCCNc1ccc(Cc2ccc(NCCC[Si](OC)(OC)OC)c(C)c2)cc1C)(OC)OC. The van der Waals surface area contributed by atoms with Crippen molar-refractivity contribution in [3.8, 4) is 0 Å². The van der Waals surface area contributed by atoms with E-state index in [0.29, 0.717) is 0 Å². The van der Waals surface area contributed by atoms with Gasteiger partial charge in [0.15, 0.2) is 0 Å². The largest absolute Gasteiger partial charge is 0.500 e. The van der Waals surface area contributed by atoms with Crippen molar-refractivity contribution in [1.82, 2.24) is 0 Å². The van der Waals surface area contributed by atoms with Crippen molar-refractivity contribution in [2.24, 2.45) is 0 Å². The van der Waals surface area contributed by atoms with Gasteiger partial charge in [-0.1, -0.05) is 24.3 Å². The molecule has 0 atom stereocenters. The van der Waals surface area contributed by atoms with Gasteiger partial charge in [-0.05, 0) is 67.5 Å². The van der Waals surface area contributed by atoms with E-state index in [2.05, 4.69) is 60.9 Å². The first-order valence-electron chi connectivity index (χ1n) is 12.8. The first-order chi connectivity index (χ1) is 17.8. The quantitative estimate of drug-likeness (QED) is 0.192. The van der Waals surface area contributed by atoms with E-state index in [-0.39, 0.29) is 0 Å². The Morgan fingerprint density at radius 1 is 0.568 bits per heavy atom. The smallest absolute Gasteiger partial charge is 0.385 e. The van der Waals surface area contributed by atoms with E-state index in [9.17, 15) is 0 Å². The third-order valence-corrected chi connectivity index (χ3v) is 12.5. The summed E-state index contributed by atoms with van der Waals surface area (Å²) in [7, 11) is 4.90. The van der Waals surface area contributed by atoms with E-state index in [4.69, 9.17) is 26.6 Å². The molecule has 0 aliphatic heterocycles. The van der Waals surface area contributed by atoms with Gasteiger partial charge >= 0.3 is 17.6 Å². The molecule has 0 spiro atoms. The first kappa shape index (κ1) is 31.5. The summed E-state index contributed by atoms with van der Waals surface area (Å²) >= 11 is 0. The minimum atomic E-state index is -2.51. The summed E-state index contributed by atoms with van der Waals surface area (Å²) in [6, 6.07) is 14.8. The zero-order chi connectivity index (χ0) is 27.3. The molecule has 2 aromatic carbocycles. The molecule has 0 saturated heterocycles. The van der Waals surface area contributed by atoms with Gasteiger partial charge in [-0.3, -0.25) is 0 Å². The van der Waals surface area contributed by atoms with Crippen molar-refractivity contribution in [2.75, 3.05) is 66.4 Å². The van der Waals surface area contributed by atoms with Gasteiger partial charge in [0.05, 0.1) is 0 Å². The number of aryl methyl sites for hydroxylation is 2. The lowest BCUT2D eigenvalue weighted by molar-refractivity contribution is 0.122. The van der Waals surface area contributed by atoms with E-state index >= 15 is 0 Å². The summed E-state index contributed by atoms with van der Waals surface area (Å²) in [5.74, 6) is 0. The van der Waals surface area contributed by atoms with Crippen LogP contribution in [0.1, 0.15) is 35.1 Å². The molecule has 10 heteroatoms. The van der Waals surface area contributed by atoms with E-state index in [1.807, 2.05) is 0 Å². The lowest BCUT2D eigenvalue weighted by Gasteiger charge is -2.24.